The molecular weight excluding hydrogens is 344 g/mol. The summed E-state index contributed by atoms with van der Waals surface area (Å²) in [5.41, 5.74) is 0.496. The van der Waals surface area contributed by atoms with Gasteiger partial charge in [-0.3, -0.25) is 4.79 Å². The molecule has 0 fully saturated rings. The van der Waals surface area contributed by atoms with E-state index in [9.17, 15) is 18.4 Å². The average Bonchev–Trinajstić information content (AvgIpc) is 2.93. The zero-order valence-corrected chi connectivity index (χ0v) is 13.2. The molecule has 2 aromatic carbocycles. The first kappa shape index (κ1) is 15.9. The van der Waals surface area contributed by atoms with Crippen LogP contribution in [0.3, 0.4) is 0 Å². The minimum atomic E-state index is -0.576. The third-order valence-electron chi connectivity index (χ3n) is 3.80. The SMILES string of the molecule is O=C(Cn1nc2c3cc(F)ccc3ncn2c1=O)Nc1ccc(F)cc1. The van der Waals surface area contributed by atoms with Gasteiger partial charge in [0, 0.05) is 11.1 Å². The summed E-state index contributed by atoms with van der Waals surface area (Å²) in [6, 6.07) is 9.19. The number of rotatable bonds is 3. The number of hydrogen-bond donors (Lipinski definition) is 1. The van der Waals surface area contributed by atoms with Gasteiger partial charge < -0.3 is 5.32 Å². The second-order valence-corrected chi connectivity index (χ2v) is 5.59. The minimum absolute atomic E-state index is 0.203. The first-order chi connectivity index (χ1) is 12.5. The molecule has 9 heteroatoms. The lowest BCUT2D eigenvalue weighted by Crippen LogP contribution is -2.28. The summed E-state index contributed by atoms with van der Waals surface area (Å²) < 4.78 is 28.5. The second kappa shape index (κ2) is 6.03. The molecule has 0 aliphatic rings. The van der Waals surface area contributed by atoms with Crippen molar-refractivity contribution in [3.8, 4) is 0 Å². The summed E-state index contributed by atoms with van der Waals surface area (Å²) in [5.74, 6) is -1.42. The number of amides is 1. The Morgan fingerprint density at radius 3 is 2.58 bits per heavy atom. The number of nitrogens with one attached hydrogen (secondary N) is 1. The van der Waals surface area contributed by atoms with Gasteiger partial charge in [0.15, 0.2) is 5.65 Å². The van der Waals surface area contributed by atoms with Crippen molar-refractivity contribution in [3.05, 3.63) is 70.9 Å². The summed E-state index contributed by atoms with van der Waals surface area (Å²) in [4.78, 5) is 28.6. The molecule has 1 amide bonds. The molecule has 2 heterocycles. The minimum Gasteiger partial charge on any atom is -0.324 e. The molecule has 26 heavy (non-hydrogen) atoms. The van der Waals surface area contributed by atoms with Crippen LogP contribution in [0.2, 0.25) is 0 Å². The summed E-state index contributed by atoms with van der Waals surface area (Å²) in [6.45, 7) is -0.352. The number of benzene rings is 2. The van der Waals surface area contributed by atoms with Gasteiger partial charge in [0.25, 0.3) is 0 Å². The first-order valence-corrected chi connectivity index (χ1v) is 7.60. The fourth-order valence-electron chi connectivity index (χ4n) is 2.60. The zero-order valence-electron chi connectivity index (χ0n) is 13.2. The Morgan fingerprint density at radius 2 is 1.81 bits per heavy atom. The molecule has 1 N–H and O–H groups in total. The maximum Gasteiger partial charge on any atom is 0.352 e. The molecule has 0 bridgehead atoms. The second-order valence-electron chi connectivity index (χ2n) is 5.59. The van der Waals surface area contributed by atoms with Crippen molar-refractivity contribution < 1.29 is 13.6 Å². The fourth-order valence-corrected chi connectivity index (χ4v) is 2.60. The highest BCUT2D eigenvalue weighted by molar-refractivity contribution is 5.92. The number of anilines is 1. The van der Waals surface area contributed by atoms with Crippen molar-refractivity contribution in [1.29, 1.82) is 0 Å². The predicted molar refractivity (Wildman–Crippen MR) is 89.7 cm³/mol. The molecular formula is C17H11F2N5O2. The van der Waals surface area contributed by atoms with Crippen LogP contribution in [-0.2, 0) is 11.3 Å². The quantitative estimate of drug-likeness (QED) is 0.609. The van der Waals surface area contributed by atoms with Gasteiger partial charge in [0.05, 0.1) is 5.52 Å². The molecule has 0 saturated heterocycles. The van der Waals surface area contributed by atoms with Crippen molar-refractivity contribution >= 4 is 28.1 Å². The highest BCUT2D eigenvalue weighted by Crippen LogP contribution is 2.16. The highest BCUT2D eigenvalue weighted by Gasteiger charge is 2.14. The Hall–Kier alpha value is -3.62. The number of hydrogen-bond acceptors (Lipinski definition) is 4. The summed E-state index contributed by atoms with van der Waals surface area (Å²) in [5, 5.41) is 7.03. The van der Waals surface area contributed by atoms with E-state index in [0.717, 1.165) is 9.08 Å². The van der Waals surface area contributed by atoms with Crippen LogP contribution in [0, 0.1) is 11.6 Å². The van der Waals surface area contributed by atoms with E-state index >= 15 is 0 Å². The van der Waals surface area contributed by atoms with E-state index in [1.54, 1.807) is 0 Å². The molecule has 0 unspecified atom stereocenters. The van der Waals surface area contributed by atoms with E-state index in [1.165, 1.54) is 48.8 Å². The Kier molecular flexibility index (Phi) is 3.68. The van der Waals surface area contributed by atoms with Crippen molar-refractivity contribution in [2.75, 3.05) is 5.32 Å². The van der Waals surface area contributed by atoms with Crippen molar-refractivity contribution in [2.24, 2.45) is 0 Å². The average molecular weight is 355 g/mol. The lowest BCUT2D eigenvalue weighted by Gasteiger charge is -2.04. The monoisotopic (exact) mass is 355 g/mol. The first-order valence-electron chi connectivity index (χ1n) is 7.60. The molecule has 0 saturated carbocycles. The van der Waals surface area contributed by atoms with Gasteiger partial charge >= 0.3 is 5.69 Å². The van der Waals surface area contributed by atoms with E-state index in [-0.39, 0.29) is 12.2 Å². The largest absolute Gasteiger partial charge is 0.352 e. The molecule has 0 aliphatic heterocycles. The normalized spacial score (nSPS) is 11.2. The van der Waals surface area contributed by atoms with Gasteiger partial charge in [-0.05, 0) is 42.5 Å². The van der Waals surface area contributed by atoms with Crippen LogP contribution in [0.15, 0.2) is 53.6 Å². The Balaban J connectivity index is 1.68. The number of carbonyl (C=O) groups is 1. The Morgan fingerprint density at radius 1 is 1.08 bits per heavy atom. The lowest BCUT2D eigenvalue weighted by atomic mass is 10.2. The van der Waals surface area contributed by atoms with Crippen LogP contribution in [0.4, 0.5) is 14.5 Å². The lowest BCUT2D eigenvalue weighted by molar-refractivity contribution is -0.117. The van der Waals surface area contributed by atoms with Crippen LogP contribution in [-0.4, -0.2) is 25.1 Å². The number of nitrogens with zero attached hydrogens (tertiary/aromatic N) is 4. The van der Waals surface area contributed by atoms with Crippen molar-refractivity contribution in [1.82, 2.24) is 19.2 Å². The van der Waals surface area contributed by atoms with Crippen LogP contribution in [0.5, 0.6) is 0 Å². The molecule has 130 valence electrons. The standard InChI is InChI=1S/C17H11F2N5O2/c18-10-1-4-12(5-2-10)21-15(25)8-24-17(26)23-9-20-14-6-3-11(19)7-13(14)16(23)22-24/h1-7,9H,8H2,(H,21,25). The number of fused-ring (bicyclic) bond motifs is 3. The van der Waals surface area contributed by atoms with E-state index < -0.39 is 23.2 Å². The molecule has 2 aromatic heterocycles. The molecule has 0 radical (unpaired) electrons. The molecule has 7 nitrogen and oxygen atoms in total. The van der Waals surface area contributed by atoms with E-state index in [1.807, 2.05) is 0 Å². The molecule has 4 aromatic rings. The Bertz CT molecular complexity index is 1200. The van der Waals surface area contributed by atoms with E-state index in [0.29, 0.717) is 16.6 Å². The summed E-state index contributed by atoms with van der Waals surface area (Å²) in [6.07, 6.45) is 1.28. The molecule has 0 aliphatic carbocycles. The van der Waals surface area contributed by atoms with E-state index in [2.05, 4.69) is 15.4 Å². The zero-order chi connectivity index (χ0) is 18.3. The van der Waals surface area contributed by atoms with Gasteiger partial charge in [0.2, 0.25) is 5.91 Å². The highest BCUT2D eigenvalue weighted by atomic mass is 19.1. The summed E-state index contributed by atoms with van der Waals surface area (Å²) >= 11 is 0. The van der Waals surface area contributed by atoms with Gasteiger partial charge in [-0.15, -0.1) is 5.10 Å². The van der Waals surface area contributed by atoms with Crippen LogP contribution < -0.4 is 11.0 Å². The van der Waals surface area contributed by atoms with Crippen molar-refractivity contribution in [2.45, 2.75) is 6.54 Å². The third kappa shape index (κ3) is 2.79. The molecule has 4 rings (SSSR count). The third-order valence-corrected chi connectivity index (χ3v) is 3.80. The number of carbonyl (C=O) groups excluding carboxylic acids is 1. The number of halogens is 2. The maximum atomic E-state index is 13.5. The predicted octanol–water partition coefficient (Wildman–Crippen LogP) is 1.96. The van der Waals surface area contributed by atoms with Gasteiger partial charge in [0.1, 0.15) is 24.5 Å². The smallest absolute Gasteiger partial charge is 0.324 e. The van der Waals surface area contributed by atoms with Crippen LogP contribution >= 0.6 is 0 Å². The number of aromatic nitrogens is 4. The molecule has 0 atom stereocenters. The Labute approximate surface area is 144 Å². The van der Waals surface area contributed by atoms with Gasteiger partial charge in [-0.1, -0.05) is 0 Å². The fraction of sp³-hybridized carbons (Fsp3) is 0.0588. The van der Waals surface area contributed by atoms with Crippen LogP contribution in [0.1, 0.15) is 0 Å². The van der Waals surface area contributed by atoms with E-state index in [4.69, 9.17) is 0 Å². The van der Waals surface area contributed by atoms with Gasteiger partial charge in [-0.25, -0.2) is 27.6 Å². The van der Waals surface area contributed by atoms with Gasteiger partial charge in [-0.2, -0.15) is 0 Å². The molecule has 0 spiro atoms. The van der Waals surface area contributed by atoms with Crippen LogP contribution in [0.25, 0.3) is 16.6 Å². The summed E-state index contributed by atoms with van der Waals surface area (Å²) in [7, 11) is 0. The topological polar surface area (TPSA) is 81.3 Å². The van der Waals surface area contributed by atoms with Crippen molar-refractivity contribution in [3.63, 3.8) is 0 Å². The maximum absolute atomic E-state index is 13.5.